The lowest BCUT2D eigenvalue weighted by Crippen LogP contribution is -2.53. The van der Waals surface area contributed by atoms with Crippen LogP contribution in [0.4, 0.5) is 28.4 Å². The third-order valence-electron chi connectivity index (χ3n) is 8.07. The van der Waals surface area contributed by atoms with E-state index >= 15 is 0 Å². The zero-order valence-corrected chi connectivity index (χ0v) is 24.7. The molecular weight excluding hydrogens is 583 g/mol. The molecule has 0 spiro atoms. The van der Waals surface area contributed by atoms with Crippen LogP contribution in [-0.2, 0) is 11.0 Å². The molecule has 0 unspecified atom stereocenters. The molecule has 0 atom stereocenters. The number of likely N-dealkylation sites (tertiary alicyclic amines) is 1. The second-order valence-corrected chi connectivity index (χ2v) is 11.0. The molecule has 3 aromatic rings. The summed E-state index contributed by atoms with van der Waals surface area (Å²) in [5, 5.41) is 11.9. The maximum absolute atomic E-state index is 13.8. The van der Waals surface area contributed by atoms with Gasteiger partial charge in [0.1, 0.15) is 0 Å². The maximum atomic E-state index is 13.8. The summed E-state index contributed by atoms with van der Waals surface area (Å²) in [6.07, 6.45) is -2.05. The molecule has 1 fully saturated rings. The van der Waals surface area contributed by atoms with Crippen molar-refractivity contribution in [1.29, 1.82) is 5.26 Å². The van der Waals surface area contributed by atoms with Crippen LogP contribution in [0.15, 0.2) is 78.5 Å². The lowest BCUT2D eigenvalue weighted by atomic mass is 9.91. The molecule has 0 bridgehead atoms. The first-order valence-corrected chi connectivity index (χ1v) is 14.7. The van der Waals surface area contributed by atoms with Gasteiger partial charge in [0.05, 0.1) is 29.4 Å². The van der Waals surface area contributed by atoms with Crippen molar-refractivity contribution in [2.24, 2.45) is 0 Å². The van der Waals surface area contributed by atoms with Crippen molar-refractivity contribution < 1.29 is 27.6 Å². The van der Waals surface area contributed by atoms with Crippen molar-refractivity contribution in [3.8, 4) is 17.2 Å². The van der Waals surface area contributed by atoms with Gasteiger partial charge in [0.15, 0.2) is 0 Å². The number of nitriles is 1. The molecule has 0 aliphatic carbocycles. The van der Waals surface area contributed by atoms with E-state index < -0.39 is 23.8 Å². The zero-order chi connectivity index (χ0) is 32.1. The fraction of sp³-hybridized carbons (Fsp3) is 0.294. The van der Waals surface area contributed by atoms with Gasteiger partial charge in [0.25, 0.3) is 0 Å². The quantitative estimate of drug-likeness (QED) is 0.289. The summed E-state index contributed by atoms with van der Waals surface area (Å²) in [4.78, 5) is 43.6. The Balaban J connectivity index is 1.48. The summed E-state index contributed by atoms with van der Waals surface area (Å²) >= 11 is 0. The average Bonchev–Trinajstić information content (AvgIpc) is 3.59. The highest BCUT2D eigenvalue weighted by Gasteiger charge is 2.38. The first kappa shape index (κ1) is 31.3. The van der Waals surface area contributed by atoms with Crippen molar-refractivity contribution >= 4 is 29.2 Å². The van der Waals surface area contributed by atoms with Gasteiger partial charge in [-0.1, -0.05) is 42.5 Å². The Morgan fingerprint density at radius 1 is 0.956 bits per heavy atom. The number of benzene rings is 3. The van der Waals surface area contributed by atoms with Crippen LogP contribution in [0, 0.1) is 11.3 Å². The Labute approximate surface area is 259 Å². The van der Waals surface area contributed by atoms with E-state index in [2.05, 4.69) is 11.4 Å². The van der Waals surface area contributed by atoms with E-state index in [1.165, 1.54) is 12.1 Å². The molecule has 45 heavy (non-hydrogen) atoms. The van der Waals surface area contributed by atoms with Crippen molar-refractivity contribution in [2.45, 2.75) is 38.8 Å². The molecule has 3 aromatic carbocycles. The highest BCUT2D eigenvalue weighted by atomic mass is 19.4. The molecule has 2 heterocycles. The van der Waals surface area contributed by atoms with Crippen LogP contribution in [0.2, 0.25) is 0 Å². The Morgan fingerprint density at radius 3 is 2.31 bits per heavy atom. The van der Waals surface area contributed by atoms with Crippen molar-refractivity contribution in [3.63, 3.8) is 0 Å². The van der Waals surface area contributed by atoms with Gasteiger partial charge < -0.3 is 10.2 Å². The van der Waals surface area contributed by atoms with Crippen LogP contribution in [0.25, 0.3) is 16.7 Å². The van der Waals surface area contributed by atoms with Gasteiger partial charge in [0.2, 0.25) is 5.91 Å². The second kappa shape index (κ2) is 13.3. The first-order chi connectivity index (χ1) is 21.6. The number of amides is 5. The summed E-state index contributed by atoms with van der Waals surface area (Å²) in [7, 11) is 0. The molecule has 5 amide bonds. The maximum Gasteiger partial charge on any atom is 0.416 e. The summed E-state index contributed by atoms with van der Waals surface area (Å²) in [5.41, 5.74) is 2.68. The van der Waals surface area contributed by atoms with E-state index in [0.29, 0.717) is 28.8 Å². The molecule has 232 valence electrons. The number of anilines is 1. The van der Waals surface area contributed by atoms with E-state index in [4.69, 9.17) is 0 Å². The van der Waals surface area contributed by atoms with E-state index in [1.54, 1.807) is 42.2 Å². The van der Waals surface area contributed by atoms with Gasteiger partial charge in [-0.3, -0.25) is 9.69 Å². The number of nitrogens with one attached hydrogen (secondary N) is 1. The highest BCUT2D eigenvalue weighted by molar-refractivity contribution is 6.09. The summed E-state index contributed by atoms with van der Waals surface area (Å²) in [6, 6.07) is 19.3. The van der Waals surface area contributed by atoms with Crippen LogP contribution in [-0.4, -0.2) is 53.9 Å². The monoisotopic (exact) mass is 615 g/mol. The zero-order valence-electron chi connectivity index (χ0n) is 24.7. The predicted molar refractivity (Wildman–Crippen MR) is 164 cm³/mol. The number of alkyl halides is 3. The number of carbonyl (C=O) groups excluding carboxylic acids is 3. The number of imide groups is 1. The minimum absolute atomic E-state index is 0.0202. The number of hydrogen-bond acceptors (Lipinski definition) is 4. The summed E-state index contributed by atoms with van der Waals surface area (Å²) < 4.78 is 41.0. The molecule has 0 radical (unpaired) electrons. The van der Waals surface area contributed by atoms with Gasteiger partial charge in [0, 0.05) is 31.8 Å². The van der Waals surface area contributed by atoms with Crippen LogP contribution in [0.1, 0.15) is 49.3 Å². The largest absolute Gasteiger partial charge is 0.416 e. The summed E-state index contributed by atoms with van der Waals surface area (Å²) in [6.45, 7) is 3.12. The van der Waals surface area contributed by atoms with Gasteiger partial charge in [-0.25, -0.2) is 14.5 Å². The van der Waals surface area contributed by atoms with E-state index in [0.717, 1.165) is 59.0 Å². The number of allylic oxidation sites excluding steroid dienone is 1. The fourth-order valence-electron chi connectivity index (χ4n) is 5.68. The minimum Gasteiger partial charge on any atom is -0.343 e. The van der Waals surface area contributed by atoms with Gasteiger partial charge in [-0.05, 0) is 78.8 Å². The van der Waals surface area contributed by atoms with E-state index in [1.807, 2.05) is 18.2 Å². The molecule has 2 aliphatic rings. The van der Waals surface area contributed by atoms with Gasteiger partial charge in [-0.15, -0.1) is 0 Å². The lowest BCUT2D eigenvalue weighted by molar-refractivity contribution is -0.137. The third-order valence-corrected chi connectivity index (χ3v) is 8.07. The van der Waals surface area contributed by atoms with Crippen molar-refractivity contribution in [1.82, 2.24) is 15.1 Å². The number of urea groups is 2. The van der Waals surface area contributed by atoms with Crippen LogP contribution < -0.4 is 10.2 Å². The SMILES string of the molecule is CC1=C(c2ccccc2-c2ccc(C#N)cc2)CN(C(=O)NCCCC(=O)N2CCCC2)C(=O)N1c1cccc(C(F)(F)F)c1. The van der Waals surface area contributed by atoms with Crippen molar-refractivity contribution in [2.75, 3.05) is 31.1 Å². The topological polar surface area (TPSA) is 96.7 Å². The average molecular weight is 616 g/mol. The van der Waals surface area contributed by atoms with E-state index in [9.17, 15) is 32.8 Å². The molecule has 5 rings (SSSR count). The Hall–Kier alpha value is -5.11. The molecule has 1 saturated heterocycles. The molecule has 8 nitrogen and oxygen atoms in total. The number of nitrogens with zero attached hydrogens (tertiary/aromatic N) is 4. The second-order valence-electron chi connectivity index (χ2n) is 11.0. The van der Waals surface area contributed by atoms with Crippen molar-refractivity contribution in [3.05, 3.63) is 95.2 Å². The molecule has 11 heteroatoms. The molecule has 1 N–H and O–H groups in total. The molecule has 2 aliphatic heterocycles. The summed E-state index contributed by atoms with van der Waals surface area (Å²) in [5.74, 6) is 0.0202. The number of carbonyl (C=O) groups is 3. The first-order valence-electron chi connectivity index (χ1n) is 14.7. The highest BCUT2D eigenvalue weighted by Crippen LogP contribution is 2.38. The fourth-order valence-corrected chi connectivity index (χ4v) is 5.68. The minimum atomic E-state index is -4.64. The lowest BCUT2D eigenvalue weighted by Gasteiger charge is -2.37. The normalized spacial score (nSPS) is 15.4. The number of hydrogen-bond donors (Lipinski definition) is 1. The van der Waals surface area contributed by atoms with Gasteiger partial charge >= 0.3 is 18.2 Å². The standard InChI is InChI=1S/C34H32F3N5O3/c1-23-30(29-11-3-2-10-28(29)25-15-13-24(21-38)14-16-25)22-41(32(44)39-17-7-12-31(43)40-18-4-5-19-40)33(45)42(23)27-9-6-8-26(20-27)34(35,36)37/h2-3,6,8-11,13-16,20H,4-5,7,12,17-19,22H2,1H3,(H,39,44). The molecule has 0 saturated carbocycles. The van der Waals surface area contributed by atoms with Crippen LogP contribution in [0.3, 0.4) is 0 Å². The van der Waals surface area contributed by atoms with Crippen LogP contribution in [0.5, 0.6) is 0 Å². The third kappa shape index (κ3) is 6.85. The van der Waals surface area contributed by atoms with Crippen LogP contribution >= 0.6 is 0 Å². The Morgan fingerprint density at radius 2 is 1.64 bits per heavy atom. The predicted octanol–water partition coefficient (Wildman–Crippen LogP) is 7.03. The smallest absolute Gasteiger partial charge is 0.343 e. The number of halogens is 3. The Bertz CT molecular complexity index is 1670. The number of rotatable bonds is 7. The van der Waals surface area contributed by atoms with E-state index in [-0.39, 0.29) is 31.1 Å². The molecular formula is C34H32F3N5O3. The Kier molecular flexibility index (Phi) is 9.23. The molecule has 0 aromatic heterocycles. The van der Waals surface area contributed by atoms with Gasteiger partial charge in [-0.2, -0.15) is 18.4 Å².